The van der Waals surface area contributed by atoms with Crippen molar-refractivity contribution in [3.63, 3.8) is 0 Å². The van der Waals surface area contributed by atoms with Crippen molar-refractivity contribution in [2.24, 2.45) is 5.92 Å². The molecule has 0 unspecified atom stereocenters. The number of benzene rings is 1. The van der Waals surface area contributed by atoms with Crippen molar-refractivity contribution in [1.29, 1.82) is 0 Å². The van der Waals surface area contributed by atoms with Crippen LogP contribution < -0.4 is 5.32 Å². The molecule has 1 aliphatic rings. The van der Waals surface area contributed by atoms with Crippen molar-refractivity contribution in [2.75, 3.05) is 6.54 Å². The fourth-order valence-electron chi connectivity index (χ4n) is 2.53. The van der Waals surface area contributed by atoms with Gasteiger partial charge in [-0.1, -0.05) is 0 Å². The molecule has 19 heavy (non-hydrogen) atoms. The van der Waals surface area contributed by atoms with E-state index in [1.54, 1.807) is 12.1 Å². The highest BCUT2D eigenvalue weighted by atomic mass is 19.1. The van der Waals surface area contributed by atoms with E-state index < -0.39 is 0 Å². The van der Waals surface area contributed by atoms with Crippen molar-refractivity contribution < 1.29 is 4.39 Å². The molecule has 0 bridgehead atoms. The minimum absolute atomic E-state index is 0.202. The zero-order chi connectivity index (χ0) is 13.4. The van der Waals surface area contributed by atoms with Crippen molar-refractivity contribution in [3.05, 3.63) is 29.8 Å². The van der Waals surface area contributed by atoms with Gasteiger partial charge in [-0.3, -0.25) is 0 Å². The largest absolute Gasteiger partial charge is 0.324 e. The molecular formula is C15H20FN3. The van der Waals surface area contributed by atoms with Crippen LogP contribution in [0.1, 0.15) is 38.6 Å². The molecule has 3 rings (SSSR count). The molecule has 2 aromatic rings. The van der Waals surface area contributed by atoms with Gasteiger partial charge in [-0.25, -0.2) is 9.37 Å². The van der Waals surface area contributed by atoms with Crippen LogP contribution in [0.5, 0.6) is 0 Å². The van der Waals surface area contributed by atoms with E-state index in [1.165, 1.54) is 18.9 Å². The van der Waals surface area contributed by atoms with Gasteiger partial charge in [0.15, 0.2) is 0 Å². The normalized spacial score (nSPS) is 15.6. The van der Waals surface area contributed by atoms with Crippen LogP contribution in [0.3, 0.4) is 0 Å². The molecule has 3 nitrogen and oxygen atoms in total. The molecule has 0 radical (unpaired) electrons. The summed E-state index contributed by atoms with van der Waals surface area (Å²) in [6.07, 6.45) is 2.69. The van der Waals surface area contributed by atoms with E-state index in [1.807, 2.05) is 0 Å². The Hall–Kier alpha value is -1.42. The molecule has 1 N–H and O–H groups in total. The van der Waals surface area contributed by atoms with Gasteiger partial charge in [0.05, 0.1) is 17.6 Å². The highest BCUT2D eigenvalue weighted by Crippen LogP contribution is 2.28. The first-order valence-electron chi connectivity index (χ1n) is 7.02. The van der Waals surface area contributed by atoms with E-state index in [-0.39, 0.29) is 11.9 Å². The number of imidazole rings is 1. The molecule has 1 aromatic heterocycles. The van der Waals surface area contributed by atoms with Crippen LogP contribution in [0.25, 0.3) is 11.0 Å². The fraction of sp³-hybridized carbons (Fsp3) is 0.533. The molecule has 1 aliphatic carbocycles. The monoisotopic (exact) mass is 261 g/mol. The molecule has 1 heterocycles. The Morgan fingerprint density at radius 1 is 1.42 bits per heavy atom. The van der Waals surface area contributed by atoms with E-state index in [0.717, 1.165) is 35.9 Å². The lowest BCUT2D eigenvalue weighted by atomic mass is 10.3. The van der Waals surface area contributed by atoms with Crippen LogP contribution in [-0.2, 0) is 6.54 Å². The number of hydrogen-bond acceptors (Lipinski definition) is 2. The lowest BCUT2D eigenvalue weighted by molar-refractivity contribution is 0.544. The molecule has 0 spiro atoms. The first kappa shape index (κ1) is 12.6. The third-order valence-corrected chi connectivity index (χ3v) is 3.65. The maximum Gasteiger partial charge on any atom is 0.125 e. The van der Waals surface area contributed by atoms with Gasteiger partial charge < -0.3 is 9.88 Å². The SMILES string of the molecule is CC(C)n1c(CNCC2CC2)nc2ccc(F)cc21. The third kappa shape index (κ3) is 2.63. The molecule has 0 atom stereocenters. The predicted octanol–water partition coefficient (Wildman–Crippen LogP) is 3.26. The molecule has 0 saturated heterocycles. The zero-order valence-electron chi connectivity index (χ0n) is 11.5. The number of nitrogens with one attached hydrogen (secondary N) is 1. The number of aromatic nitrogens is 2. The standard InChI is InChI=1S/C15H20FN3/c1-10(2)19-14-7-12(16)5-6-13(14)18-15(19)9-17-8-11-3-4-11/h5-7,10-11,17H,3-4,8-9H2,1-2H3. The smallest absolute Gasteiger partial charge is 0.125 e. The molecule has 102 valence electrons. The minimum atomic E-state index is -0.202. The molecule has 1 aromatic carbocycles. The number of rotatable bonds is 5. The van der Waals surface area contributed by atoms with Crippen molar-refractivity contribution in [3.8, 4) is 0 Å². The summed E-state index contributed by atoms with van der Waals surface area (Å²) in [5.41, 5.74) is 1.76. The molecule has 4 heteroatoms. The first-order chi connectivity index (χ1) is 9.15. The second-order valence-corrected chi connectivity index (χ2v) is 5.70. The van der Waals surface area contributed by atoms with E-state index in [4.69, 9.17) is 0 Å². The van der Waals surface area contributed by atoms with Gasteiger partial charge in [-0.05, 0) is 57.4 Å². The van der Waals surface area contributed by atoms with E-state index >= 15 is 0 Å². The summed E-state index contributed by atoms with van der Waals surface area (Å²) in [5, 5.41) is 3.46. The van der Waals surface area contributed by atoms with Gasteiger partial charge in [0.1, 0.15) is 11.6 Å². The van der Waals surface area contributed by atoms with Gasteiger partial charge >= 0.3 is 0 Å². The number of fused-ring (bicyclic) bond motifs is 1. The summed E-state index contributed by atoms with van der Waals surface area (Å²) in [6, 6.07) is 5.09. The Morgan fingerprint density at radius 3 is 2.89 bits per heavy atom. The lowest BCUT2D eigenvalue weighted by Crippen LogP contribution is -2.20. The first-order valence-corrected chi connectivity index (χ1v) is 7.02. The molecule has 0 aliphatic heterocycles. The van der Waals surface area contributed by atoms with Crippen LogP contribution in [0.2, 0.25) is 0 Å². The topological polar surface area (TPSA) is 29.9 Å². The summed E-state index contributed by atoms with van der Waals surface area (Å²) in [6.45, 7) is 6.04. The van der Waals surface area contributed by atoms with Crippen molar-refractivity contribution >= 4 is 11.0 Å². The third-order valence-electron chi connectivity index (χ3n) is 3.65. The fourth-order valence-corrected chi connectivity index (χ4v) is 2.53. The maximum absolute atomic E-state index is 13.4. The predicted molar refractivity (Wildman–Crippen MR) is 74.5 cm³/mol. The van der Waals surface area contributed by atoms with Gasteiger partial charge in [-0.15, -0.1) is 0 Å². The Labute approximate surface area is 112 Å². The second-order valence-electron chi connectivity index (χ2n) is 5.70. The molecule has 1 fully saturated rings. The Bertz CT molecular complexity index is 584. The highest BCUT2D eigenvalue weighted by Gasteiger charge is 2.21. The van der Waals surface area contributed by atoms with Crippen LogP contribution in [0.4, 0.5) is 4.39 Å². The lowest BCUT2D eigenvalue weighted by Gasteiger charge is -2.13. The summed E-state index contributed by atoms with van der Waals surface area (Å²) >= 11 is 0. The van der Waals surface area contributed by atoms with Gasteiger partial charge in [-0.2, -0.15) is 0 Å². The maximum atomic E-state index is 13.4. The Kier molecular flexibility index (Phi) is 3.27. The van der Waals surface area contributed by atoms with Crippen LogP contribution in [-0.4, -0.2) is 16.1 Å². The number of halogens is 1. The quantitative estimate of drug-likeness (QED) is 0.895. The molecule has 1 saturated carbocycles. The van der Waals surface area contributed by atoms with Gasteiger partial charge in [0, 0.05) is 6.04 Å². The average Bonchev–Trinajstić information content (AvgIpc) is 3.09. The van der Waals surface area contributed by atoms with Crippen LogP contribution in [0, 0.1) is 11.7 Å². The van der Waals surface area contributed by atoms with Crippen molar-refractivity contribution in [2.45, 2.75) is 39.3 Å². The summed E-state index contributed by atoms with van der Waals surface area (Å²) in [7, 11) is 0. The summed E-state index contributed by atoms with van der Waals surface area (Å²) in [4.78, 5) is 4.63. The summed E-state index contributed by atoms with van der Waals surface area (Å²) in [5.74, 6) is 1.65. The molecular weight excluding hydrogens is 241 g/mol. The minimum Gasteiger partial charge on any atom is -0.324 e. The van der Waals surface area contributed by atoms with Crippen molar-refractivity contribution in [1.82, 2.24) is 14.9 Å². The Balaban J connectivity index is 1.89. The Morgan fingerprint density at radius 2 is 2.21 bits per heavy atom. The van der Waals surface area contributed by atoms with Gasteiger partial charge in [0.2, 0.25) is 0 Å². The highest BCUT2D eigenvalue weighted by molar-refractivity contribution is 5.76. The number of hydrogen-bond donors (Lipinski definition) is 1. The van der Waals surface area contributed by atoms with Crippen LogP contribution >= 0.6 is 0 Å². The van der Waals surface area contributed by atoms with Crippen LogP contribution in [0.15, 0.2) is 18.2 Å². The van der Waals surface area contributed by atoms with E-state index in [9.17, 15) is 4.39 Å². The van der Waals surface area contributed by atoms with E-state index in [2.05, 4.69) is 28.7 Å². The molecule has 0 amide bonds. The zero-order valence-corrected chi connectivity index (χ0v) is 11.5. The second kappa shape index (κ2) is 4.93. The average molecular weight is 261 g/mol. The number of nitrogens with zero attached hydrogens (tertiary/aromatic N) is 2. The summed E-state index contributed by atoms with van der Waals surface area (Å²) < 4.78 is 15.5. The van der Waals surface area contributed by atoms with E-state index in [0.29, 0.717) is 0 Å². The van der Waals surface area contributed by atoms with Gasteiger partial charge in [0.25, 0.3) is 0 Å².